The van der Waals surface area contributed by atoms with Crippen LogP contribution in [0, 0.1) is 0 Å². The molecule has 1 heterocycles. The average molecular weight is 271 g/mol. The number of carbonyl (C=O) groups is 1. The molecule has 0 saturated heterocycles. The highest BCUT2D eigenvalue weighted by Crippen LogP contribution is 2.36. The van der Waals surface area contributed by atoms with Gasteiger partial charge in [-0.3, -0.25) is 4.79 Å². The molecule has 0 amide bonds. The number of aryl methyl sites for hydroxylation is 1. The molecule has 3 nitrogen and oxygen atoms in total. The fraction of sp³-hybridized carbons (Fsp3) is 0.308. The molecule has 0 radical (unpaired) electrons. The van der Waals surface area contributed by atoms with Gasteiger partial charge < -0.3 is 9.67 Å². The van der Waals surface area contributed by atoms with E-state index in [9.17, 15) is 18.0 Å². The van der Waals surface area contributed by atoms with Gasteiger partial charge >= 0.3 is 12.1 Å². The highest BCUT2D eigenvalue weighted by atomic mass is 19.4. The summed E-state index contributed by atoms with van der Waals surface area (Å²) in [6.45, 7) is 2.07. The number of hydrogen-bond acceptors (Lipinski definition) is 1. The number of hydrogen-bond donors (Lipinski definition) is 1. The van der Waals surface area contributed by atoms with Crippen LogP contribution in [0.15, 0.2) is 24.4 Å². The van der Waals surface area contributed by atoms with E-state index in [0.29, 0.717) is 17.5 Å². The van der Waals surface area contributed by atoms with Gasteiger partial charge in [0.2, 0.25) is 0 Å². The van der Waals surface area contributed by atoms with Crippen molar-refractivity contribution in [3.63, 3.8) is 0 Å². The molecule has 0 aliphatic carbocycles. The third-order valence-electron chi connectivity index (χ3n) is 2.97. The van der Waals surface area contributed by atoms with Crippen LogP contribution >= 0.6 is 0 Å². The molecule has 0 saturated carbocycles. The maximum Gasteiger partial charge on any atom is 0.418 e. The quantitative estimate of drug-likeness (QED) is 0.930. The van der Waals surface area contributed by atoms with E-state index in [4.69, 9.17) is 5.11 Å². The first kappa shape index (κ1) is 13.5. The first-order chi connectivity index (χ1) is 8.84. The maximum absolute atomic E-state index is 13.0. The molecular formula is C13H12F3NO2. The van der Waals surface area contributed by atoms with E-state index in [0.717, 1.165) is 6.07 Å². The van der Waals surface area contributed by atoms with Gasteiger partial charge in [-0.1, -0.05) is 12.1 Å². The number of aliphatic carboxylic acids is 1. The van der Waals surface area contributed by atoms with Crippen LogP contribution in [0.5, 0.6) is 0 Å². The number of nitrogens with zero attached hydrogens (tertiary/aromatic N) is 1. The summed E-state index contributed by atoms with van der Waals surface area (Å²) in [5.41, 5.74) is -0.285. The second-order valence-electron chi connectivity index (χ2n) is 4.21. The smallest absolute Gasteiger partial charge is 0.418 e. The molecule has 0 aliphatic heterocycles. The number of benzene rings is 1. The van der Waals surface area contributed by atoms with Gasteiger partial charge in [-0.15, -0.1) is 0 Å². The molecule has 0 fully saturated rings. The van der Waals surface area contributed by atoms with Crippen molar-refractivity contribution in [2.75, 3.05) is 0 Å². The summed E-state index contributed by atoms with van der Waals surface area (Å²) < 4.78 is 40.4. The van der Waals surface area contributed by atoms with Crippen molar-refractivity contribution >= 4 is 16.9 Å². The summed E-state index contributed by atoms with van der Waals surface area (Å²) in [6, 6.07) is 3.84. The summed E-state index contributed by atoms with van der Waals surface area (Å²) in [5.74, 6) is -1.06. The van der Waals surface area contributed by atoms with Crippen molar-refractivity contribution in [2.45, 2.75) is 26.1 Å². The average Bonchev–Trinajstić information content (AvgIpc) is 2.65. The molecule has 0 atom stereocenters. The number of alkyl halides is 3. The monoisotopic (exact) mass is 271 g/mol. The van der Waals surface area contributed by atoms with Crippen molar-refractivity contribution in [2.24, 2.45) is 0 Å². The van der Waals surface area contributed by atoms with Crippen molar-refractivity contribution < 1.29 is 23.1 Å². The van der Waals surface area contributed by atoms with E-state index in [-0.39, 0.29) is 11.9 Å². The minimum Gasteiger partial charge on any atom is -0.481 e. The summed E-state index contributed by atoms with van der Waals surface area (Å²) >= 11 is 0. The number of halogens is 3. The lowest BCUT2D eigenvalue weighted by Gasteiger charge is -2.10. The fourth-order valence-electron chi connectivity index (χ4n) is 2.22. The third kappa shape index (κ3) is 2.43. The van der Waals surface area contributed by atoms with E-state index >= 15 is 0 Å². The Kier molecular flexibility index (Phi) is 3.26. The van der Waals surface area contributed by atoms with Crippen LogP contribution in [0.1, 0.15) is 18.1 Å². The molecule has 6 heteroatoms. The predicted octanol–water partition coefficient (Wildman–Crippen LogP) is 3.31. The first-order valence-corrected chi connectivity index (χ1v) is 5.74. The van der Waals surface area contributed by atoms with Gasteiger partial charge in [0.05, 0.1) is 17.5 Å². The van der Waals surface area contributed by atoms with Crippen LogP contribution in [0.3, 0.4) is 0 Å². The van der Waals surface area contributed by atoms with Crippen LogP contribution in [-0.2, 0) is 23.9 Å². The maximum atomic E-state index is 13.0. The number of carboxylic acids is 1. The second-order valence-corrected chi connectivity index (χ2v) is 4.21. The topological polar surface area (TPSA) is 42.2 Å². The molecule has 1 N–H and O–H groups in total. The van der Waals surface area contributed by atoms with E-state index in [1.807, 2.05) is 0 Å². The fourth-order valence-corrected chi connectivity index (χ4v) is 2.22. The Morgan fingerprint density at radius 3 is 2.58 bits per heavy atom. The number of aromatic nitrogens is 1. The molecule has 2 aromatic rings. The minimum atomic E-state index is -4.45. The highest BCUT2D eigenvalue weighted by Gasteiger charge is 2.34. The van der Waals surface area contributed by atoms with Crippen molar-refractivity contribution in [3.05, 3.63) is 35.5 Å². The summed E-state index contributed by atoms with van der Waals surface area (Å²) in [4.78, 5) is 10.8. The third-order valence-corrected chi connectivity index (χ3v) is 2.97. The molecule has 2 rings (SSSR count). The lowest BCUT2D eigenvalue weighted by Crippen LogP contribution is -2.08. The van der Waals surface area contributed by atoms with Gasteiger partial charge in [-0.2, -0.15) is 13.2 Å². The van der Waals surface area contributed by atoms with E-state index in [1.165, 1.54) is 22.9 Å². The molecule has 1 aromatic heterocycles. The zero-order chi connectivity index (χ0) is 14.2. The lowest BCUT2D eigenvalue weighted by molar-refractivity contribution is -0.137. The van der Waals surface area contributed by atoms with Crippen LogP contribution in [-0.4, -0.2) is 15.6 Å². The van der Waals surface area contributed by atoms with Crippen LogP contribution in [0.2, 0.25) is 0 Å². The Morgan fingerprint density at radius 1 is 1.37 bits per heavy atom. The molecule has 102 valence electrons. The summed E-state index contributed by atoms with van der Waals surface area (Å²) in [6.07, 6.45) is -3.26. The highest BCUT2D eigenvalue weighted by molar-refractivity contribution is 5.90. The Hall–Kier alpha value is -1.98. The van der Waals surface area contributed by atoms with Crippen molar-refractivity contribution in [1.82, 2.24) is 4.57 Å². The van der Waals surface area contributed by atoms with Gasteiger partial charge in [0.1, 0.15) is 0 Å². The summed E-state index contributed by atoms with van der Waals surface area (Å²) in [5, 5.41) is 9.15. The zero-order valence-electron chi connectivity index (χ0n) is 10.2. The Morgan fingerprint density at radius 2 is 2.05 bits per heavy atom. The molecular weight excluding hydrogens is 259 g/mol. The van der Waals surface area contributed by atoms with Crippen LogP contribution in [0.4, 0.5) is 13.2 Å². The Bertz CT molecular complexity index is 629. The molecule has 0 aliphatic rings. The first-order valence-electron chi connectivity index (χ1n) is 5.74. The lowest BCUT2D eigenvalue weighted by atomic mass is 10.1. The molecule has 0 spiro atoms. The predicted molar refractivity (Wildman–Crippen MR) is 64.0 cm³/mol. The second kappa shape index (κ2) is 4.60. The van der Waals surface area contributed by atoms with Gasteiger partial charge in [-0.05, 0) is 18.6 Å². The van der Waals surface area contributed by atoms with Crippen LogP contribution in [0.25, 0.3) is 10.9 Å². The number of carboxylic acid groups (broad SMARTS) is 1. The standard InChI is InChI=1S/C13H12F3NO2/c1-2-17-7-8(6-11(18)19)9-4-3-5-10(12(9)17)13(14,15)16/h3-5,7H,2,6H2,1H3,(H,18,19). The van der Waals surface area contributed by atoms with Gasteiger partial charge in [0.25, 0.3) is 0 Å². The largest absolute Gasteiger partial charge is 0.481 e. The number of para-hydroxylation sites is 1. The SMILES string of the molecule is CCn1cc(CC(=O)O)c2cccc(C(F)(F)F)c21. The van der Waals surface area contributed by atoms with Gasteiger partial charge in [0.15, 0.2) is 0 Å². The van der Waals surface area contributed by atoms with Crippen molar-refractivity contribution in [3.8, 4) is 0 Å². The normalized spacial score (nSPS) is 12.0. The minimum absolute atomic E-state index is 0.0498. The molecule has 0 bridgehead atoms. The number of rotatable bonds is 3. The number of fused-ring (bicyclic) bond motifs is 1. The Labute approximate surface area is 107 Å². The van der Waals surface area contributed by atoms with E-state index in [1.54, 1.807) is 6.92 Å². The van der Waals surface area contributed by atoms with Crippen molar-refractivity contribution in [1.29, 1.82) is 0 Å². The van der Waals surface area contributed by atoms with E-state index < -0.39 is 17.7 Å². The van der Waals surface area contributed by atoms with Gasteiger partial charge in [-0.25, -0.2) is 0 Å². The van der Waals surface area contributed by atoms with E-state index in [2.05, 4.69) is 0 Å². The molecule has 0 unspecified atom stereocenters. The van der Waals surface area contributed by atoms with Gasteiger partial charge in [0, 0.05) is 18.1 Å². The zero-order valence-corrected chi connectivity index (χ0v) is 10.2. The summed E-state index contributed by atoms with van der Waals surface area (Å²) in [7, 11) is 0. The van der Waals surface area contributed by atoms with Crippen LogP contribution < -0.4 is 0 Å². The molecule has 19 heavy (non-hydrogen) atoms. The Balaban J connectivity index is 2.75. The molecule has 1 aromatic carbocycles.